The first-order chi connectivity index (χ1) is 17.5. The van der Waals surface area contributed by atoms with E-state index >= 15 is 0 Å². The Morgan fingerprint density at radius 3 is 2.72 bits per heavy atom. The van der Waals surface area contributed by atoms with E-state index in [1.807, 2.05) is 6.07 Å². The van der Waals surface area contributed by atoms with Gasteiger partial charge in [-0.05, 0) is 73.5 Å². The Bertz CT molecular complexity index is 1210. The van der Waals surface area contributed by atoms with E-state index in [-0.39, 0.29) is 0 Å². The van der Waals surface area contributed by atoms with Gasteiger partial charge in [0, 0.05) is 43.3 Å². The van der Waals surface area contributed by atoms with Gasteiger partial charge in [-0.15, -0.1) is 0 Å². The first kappa shape index (κ1) is 24.1. The van der Waals surface area contributed by atoms with E-state index in [0.717, 1.165) is 54.5 Å². The van der Waals surface area contributed by atoms with Gasteiger partial charge in [-0.3, -0.25) is 4.90 Å². The molecule has 2 aliphatic rings. The summed E-state index contributed by atoms with van der Waals surface area (Å²) in [6.45, 7) is 13.0. The van der Waals surface area contributed by atoms with Crippen molar-refractivity contribution >= 4 is 0 Å². The Labute approximate surface area is 213 Å². The summed E-state index contributed by atoms with van der Waals surface area (Å²) < 4.78 is 16.7. The van der Waals surface area contributed by atoms with E-state index in [4.69, 9.17) is 14.2 Å². The molecule has 2 aromatic carbocycles. The van der Waals surface area contributed by atoms with E-state index in [0.29, 0.717) is 25.3 Å². The smallest absolute Gasteiger partial charge is 0.316 e. The van der Waals surface area contributed by atoms with Gasteiger partial charge < -0.3 is 19.5 Å². The number of fused-ring (bicyclic) bond motifs is 1. The van der Waals surface area contributed by atoms with Crippen molar-refractivity contribution in [2.45, 2.75) is 33.2 Å². The molecule has 0 amide bonds. The number of nitrogens with zero attached hydrogens (tertiary/aromatic N) is 3. The topological polar surface area (TPSA) is 68.7 Å². The van der Waals surface area contributed by atoms with E-state index in [1.54, 1.807) is 12.4 Å². The zero-order valence-electron chi connectivity index (χ0n) is 21.1. The van der Waals surface area contributed by atoms with Crippen LogP contribution in [-0.4, -0.2) is 47.9 Å². The standard InChI is InChI=1S/C29H34N4O3/c1-20-6-8-25(11-21(20)2)26-14-31-29(32-15-26)34-18-22(3)30-13-24-5-4-10-33(17-24)16-23-7-9-27-28(12-23)36-19-35-27/h6-9,11-12,14-15,24,30H,3-5,10,13,16-19H2,1-2H3. The predicted octanol–water partition coefficient (Wildman–Crippen LogP) is 4.88. The van der Waals surface area contributed by atoms with Crippen molar-refractivity contribution in [1.29, 1.82) is 0 Å². The highest BCUT2D eigenvalue weighted by atomic mass is 16.7. The van der Waals surface area contributed by atoms with Crippen LogP contribution in [0.25, 0.3) is 11.1 Å². The first-order valence-corrected chi connectivity index (χ1v) is 12.6. The molecule has 1 aromatic heterocycles. The molecule has 1 atom stereocenters. The molecule has 1 unspecified atom stereocenters. The van der Waals surface area contributed by atoms with Crippen molar-refractivity contribution < 1.29 is 14.2 Å². The molecule has 2 aliphatic heterocycles. The molecule has 3 aromatic rings. The summed E-state index contributed by atoms with van der Waals surface area (Å²) in [6, 6.07) is 13.0. The Hall–Kier alpha value is -3.58. The zero-order chi connectivity index (χ0) is 24.9. The second kappa shape index (κ2) is 11.0. The van der Waals surface area contributed by atoms with Gasteiger partial charge in [0.25, 0.3) is 0 Å². The molecule has 7 nitrogen and oxygen atoms in total. The molecule has 3 heterocycles. The van der Waals surface area contributed by atoms with Crippen molar-refractivity contribution in [3.63, 3.8) is 0 Å². The summed E-state index contributed by atoms with van der Waals surface area (Å²) in [5, 5.41) is 3.45. The van der Waals surface area contributed by atoms with E-state index in [1.165, 1.54) is 29.5 Å². The number of aromatic nitrogens is 2. The number of ether oxygens (including phenoxy) is 3. The monoisotopic (exact) mass is 486 g/mol. The molecule has 0 saturated carbocycles. The molecule has 36 heavy (non-hydrogen) atoms. The fourth-order valence-corrected chi connectivity index (χ4v) is 4.71. The molecule has 188 valence electrons. The van der Waals surface area contributed by atoms with Gasteiger partial charge in [0.05, 0.1) is 0 Å². The summed E-state index contributed by atoms with van der Waals surface area (Å²) in [5.74, 6) is 2.25. The van der Waals surface area contributed by atoms with Gasteiger partial charge in [-0.2, -0.15) is 0 Å². The minimum absolute atomic E-state index is 0.314. The van der Waals surface area contributed by atoms with Crippen LogP contribution >= 0.6 is 0 Å². The third kappa shape index (κ3) is 5.97. The molecule has 5 rings (SSSR count). The number of likely N-dealkylation sites (tertiary alicyclic amines) is 1. The van der Waals surface area contributed by atoms with Crippen LogP contribution in [0.5, 0.6) is 17.5 Å². The quantitative estimate of drug-likeness (QED) is 0.462. The lowest BCUT2D eigenvalue weighted by Crippen LogP contribution is -2.39. The van der Waals surface area contributed by atoms with Crippen molar-refractivity contribution in [3.8, 4) is 28.6 Å². The van der Waals surface area contributed by atoms with Crippen molar-refractivity contribution in [1.82, 2.24) is 20.2 Å². The second-order valence-electron chi connectivity index (χ2n) is 9.76. The lowest BCUT2D eigenvalue weighted by atomic mass is 9.97. The summed E-state index contributed by atoms with van der Waals surface area (Å²) in [6.07, 6.45) is 6.02. The van der Waals surface area contributed by atoms with Gasteiger partial charge in [-0.1, -0.05) is 30.8 Å². The van der Waals surface area contributed by atoms with Crippen molar-refractivity contribution in [3.05, 3.63) is 77.8 Å². The minimum atomic E-state index is 0.314. The van der Waals surface area contributed by atoms with Crippen molar-refractivity contribution in [2.24, 2.45) is 5.92 Å². The number of rotatable bonds is 9. The van der Waals surface area contributed by atoms with Crippen molar-refractivity contribution in [2.75, 3.05) is 33.0 Å². The van der Waals surface area contributed by atoms with Gasteiger partial charge >= 0.3 is 6.01 Å². The molecule has 1 fully saturated rings. The summed E-state index contributed by atoms with van der Waals surface area (Å²) in [7, 11) is 0. The van der Waals surface area contributed by atoms with Crippen LogP contribution in [-0.2, 0) is 6.54 Å². The SMILES string of the molecule is C=C(COc1ncc(-c2ccc(C)c(C)c2)cn1)NCC1CCCN(Cc2ccc3c(c2)OCO3)C1. The average molecular weight is 487 g/mol. The Morgan fingerprint density at radius 2 is 1.89 bits per heavy atom. The number of benzene rings is 2. The fraction of sp³-hybridized carbons (Fsp3) is 0.379. The van der Waals surface area contributed by atoms with Crippen LogP contribution in [0.3, 0.4) is 0 Å². The largest absolute Gasteiger partial charge is 0.457 e. The maximum absolute atomic E-state index is 5.76. The Kier molecular flexibility index (Phi) is 7.37. The Morgan fingerprint density at radius 1 is 1.06 bits per heavy atom. The van der Waals surface area contributed by atoms with E-state index in [9.17, 15) is 0 Å². The Balaban J connectivity index is 1.05. The van der Waals surface area contributed by atoms with Crippen LogP contribution in [0.2, 0.25) is 0 Å². The van der Waals surface area contributed by atoms with E-state index < -0.39 is 0 Å². The number of hydrogen-bond donors (Lipinski definition) is 1. The fourth-order valence-electron chi connectivity index (χ4n) is 4.71. The molecular formula is C29H34N4O3. The van der Waals surface area contributed by atoms with Crippen LogP contribution in [0.4, 0.5) is 0 Å². The molecule has 0 radical (unpaired) electrons. The normalized spacial score (nSPS) is 17.1. The molecular weight excluding hydrogens is 452 g/mol. The predicted molar refractivity (Wildman–Crippen MR) is 140 cm³/mol. The number of piperidine rings is 1. The molecule has 1 N–H and O–H groups in total. The molecule has 7 heteroatoms. The highest BCUT2D eigenvalue weighted by molar-refractivity contribution is 5.63. The number of hydrogen-bond acceptors (Lipinski definition) is 7. The summed E-state index contributed by atoms with van der Waals surface area (Å²) in [5.41, 5.74) is 6.71. The lowest BCUT2D eigenvalue weighted by Gasteiger charge is -2.33. The van der Waals surface area contributed by atoms with Crippen LogP contribution in [0.1, 0.15) is 29.5 Å². The van der Waals surface area contributed by atoms with Gasteiger partial charge in [0.1, 0.15) is 6.61 Å². The van der Waals surface area contributed by atoms with Gasteiger partial charge in [0.2, 0.25) is 6.79 Å². The average Bonchev–Trinajstić information content (AvgIpc) is 3.36. The summed E-state index contributed by atoms with van der Waals surface area (Å²) >= 11 is 0. The first-order valence-electron chi connectivity index (χ1n) is 12.6. The third-order valence-corrected chi connectivity index (χ3v) is 6.93. The van der Waals surface area contributed by atoms with Gasteiger partial charge in [-0.25, -0.2) is 9.97 Å². The maximum atomic E-state index is 5.76. The third-order valence-electron chi connectivity index (χ3n) is 6.93. The molecule has 1 saturated heterocycles. The lowest BCUT2D eigenvalue weighted by molar-refractivity contribution is 0.165. The second-order valence-corrected chi connectivity index (χ2v) is 9.76. The molecule has 0 aliphatic carbocycles. The highest BCUT2D eigenvalue weighted by Crippen LogP contribution is 2.33. The maximum Gasteiger partial charge on any atom is 0.316 e. The van der Waals surface area contributed by atoms with Crippen LogP contribution < -0.4 is 19.5 Å². The number of aryl methyl sites for hydroxylation is 2. The van der Waals surface area contributed by atoms with Crippen LogP contribution in [0.15, 0.2) is 61.1 Å². The summed E-state index contributed by atoms with van der Waals surface area (Å²) in [4.78, 5) is 11.3. The van der Waals surface area contributed by atoms with Gasteiger partial charge in [0.15, 0.2) is 11.5 Å². The zero-order valence-corrected chi connectivity index (χ0v) is 21.1. The highest BCUT2D eigenvalue weighted by Gasteiger charge is 2.21. The molecule has 0 spiro atoms. The molecule has 0 bridgehead atoms. The van der Waals surface area contributed by atoms with Crippen LogP contribution in [0, 0.1) is 19.8 Å². The van der Waals surface area contributed by atoms with E-state index in [2.05, 4.69) is 70.9 Å². The number of nitrogens with one attached hydrogen (secondary N) is 1. The minimum Gasteiger partial charge on any atom is -0.457 e.